The SMILES string of the molecule is Cc1cccc(C#Cc2ncccc2C(N)=O)c1. The second-order valence-corrected chi connectivity index (χ2v) is 3.88. The predicted octanol–water partition coefficient (Wildman–Crippen LogP) is 1.89. The third-order valence-electron chi connectivity index (χ3n) is 2.42. The first-order valence-corrected chi connectivity index (χ1v) is 5.50. The minimum atomic E-state index is -0.517. The average molecular weight is 236 g/mol. The van der Waals surface area contributed by atoms with Gasteiger partial charge in [-0.25, -0.2) is 4.98 Å². The molecule has 0 aliphatic rings. The maximum absolute atomic E-state index is 11.2. The summed E-state index contributed by atoms with van der Waals surface area (Å²) in [5.41, 5.74) is 8.04. The lowest BCUT2D eigenvalue weighted by Crippen LogP contribution is -2.13. The van der Waals surface area contributed by atoms with E-state index < -0.39 is 5.91 Å². The topological polar surface area (TPSA) is 56.0 Å². The average Bonchev–Trinajstić information content (AvgIpc) is 2.37. The lowest BCUT2D eigenvalue weighted by atomic mass is 10.1. The van der Waals surface area contributed by atoms with Crippen molar-refractivity contribution in [2.24, 2.45) is 5.73 Å². The monoisotopic (exact) mass is 236 g/mol. The van der Waals surface area contributed by atoms with Gasteiger partial charge < -0.3 is 5.73 Å². The van der Waals surface area contributed by atoms with Crippen LogP contribution in [-0.4, -0.2) is 10.9 Å². The van der Waals surface area contributed by atoms with Crippen LogP contribution in [0.2, 0.25) is 0 Å². The largest absolute Gasteiger partial charge is 0.366 e. The number of carbonyl (C=O) groups excluding carboxylic acids is 1. The van der Waals surface area contributed by atoms with Gasteiger partial charge in [0, 0.05) is 11.8 Å². The highest BCUT2D eigenvalue weighted by atomic mass is 16.1. The molecule has 0 aliphatic carbocycles. The summed E-state index contributed by atoms with van der Waals surface area (Å²) in [4.78, 5) is 15.3. The van der Waals surface area contributed by atoms with Gasteiger partial charge in [0.15, 0.2) is 0 Å². The van der Waals surface area contributed by atoms with Gasteiger partial charge in [-0.2, -0.15) is 0 Å². The van der Waals surface area contributed by atoms with Gasteiger partial charge in [-0.3, -0.25) is 4.79 Å². The highest BCUT2D eigenvalue weighted by Gasteiger charge is 2.05. The molecule has 2 aromatic rings. The Kier molecular flexibility index (Phi) is 3.40. The van der Waals surface area contributed by atoms with E-state index in [1.54, 1.807) is 18.3 Å². The molecule has 0 fully saturated rings. The molecule has 0 saturated carbocycles. The third-order valence-corrected chi connectivity index (χ3v) is 2.42. The van der Waals surface area contributed by atoms with Crippen LogP contribution in [-0.2, 0) is 0 Å². The molecule has 0 atom stereocenters. The fourth-order valence-corrected chi connectivity index (χ4v) is 1.56. The van der Waals surface area contributed by atoms with E-state index in [-0.39, 0.29) is 0 Å². The molecule has 1 heterocycles. The molecule has 88 valence electrons. The molecule has 0 unspecified atom stereocenters. The van der Waals surface area contributed by atoms with E-state index in [0.29, 0.717) is 11.3 Å². The normalized spacial score (nSPS) is 9.39. The van der Waals surface area contributed by atoms with E-state index in [4.69, 9.17) is 5.73 Å². The van der Waals surface area contributed by atoms with Crippen molar-refractivity contribution < 1.29 is 4.79 Å². The van der Waals surface area contributed by atoms with E-state index in [9.17, 15) is 4.79 Å². The van der Waals surface area contributed by atoms with E-state index in [1.807, 2.05) is 31.2 Å². The summed E-state index contributed by atoms with van der Waals surface area (Å²) in [5.74, 6) is 5.34. The Morgan fingerprint density at radius 3 is 2.78 bits per heavy atom. The van der Waals surface area contributed by atoms with Crippen molar-refractivity contribution in [3.05, 3.63) is 65.0 Å². The van der Waals surface area contributed by atoms with Gasteiger partial charge >= 0.3 is 0 Å². The summed E-state index contributed by atoms with van der Waals surface area (Å²) in [5, 5.41) is 0. The Hall–Kier alpha value is -2.60. The van der Waals surface area contributed by atoms with Gasteiger partial charge in [-0.05, 0) is 42.7 Å². The Morgan fingerprint density at radius 2 is 2.06 bits per heavy atom. The highest BCUT2D eigenvalue weighted by Crippen LogP contribution is 2.05. The molecule has 1 aromatic heterocycles. The lowest BCUT2D eigenvalue weighted by molar-refractivity contribution is 0.0999. The minimum absolute atomic E-state index is 0.345. The number of nitrogens with two attached hydrogens (primary N) is 1. The van der Waals surface area contributed by atoms with Crippen LogP contribution < -0.4 is 5.73 Å². The number of amides is 1. The van der Waals surface area contributed by atoms with E-state index in [0.717, 1.165) is 11.1 Å². The number of pyridine rings is 1. The fourth-order valence-electron chi connectivity index (χ4n) is 1.56. The predicted molar refractivity (Wildman–Crippen MR) is 69.9 cm³/mol. The molecular formula is C15H12N2O. The maximum Gasteiger partial charge on any atom is 0.251 e. The zero-order valence-electron chi connectivity index (χ0n) is 9.97. The second kappa shape index (κ2) is 5.15. The quantitative estimate of drug-likeness (QED) is 0.769. The smallest absolute Gasteiger partial charge is 0.251 e. The zero-order chi connectivity index (χ0) is 13.0. The van der Waals surface area contributed by atoms with E-state index >= 15 is 0 Å². The number of hydrogen-bond donors (Lipinski definition) is 1. The molecule has 0 radical (unpaired) electrons. The summed E-state index contributed by atoms with van der Waals surface area (Å²) in [6, 6.07) is 11.1. The van der Waals surface area contributed by atoms with Gasteiger partial charge in [0.2, 0.25) is 0 Å². The number of carbonyl (C=O) groups is 1. The van der Waals surface area contributed by atoms with Gasteiger partial charge in [-0.1, -0.05) is 18.1 Å². The van der Waals surface area contributed by atoms with Crippen LogP contribution in [0, 0.1) is 18.8 Å². The first-order chi connectivity index (χ1) is 8.66. The highest BCUT2D eigenvalue weighted by molar-refractivity contribution is 5.94. The van der Waals surface area contributed by atoms with Crippen LogP contribution >= 0.6 is 0 Å². The molecule has 1 amide bonds. The molecule has 0 bridgehead atoms. The van der Waals surface area contributed by atoms with E-state index in [1.165, 1.54) is 0 Å². The van der Waals surface area contributed by atoms with Crippen LogP contribution in [0.1, 0.15) is 27.2 Å². The molecule has 3 nitrogen and oxygen atoms in total. The van der Waals surface area contributed by atoms with Crippen molar-refractivity contribution in [3.63, 3.8) is 0 Å². The van der Waals surface area contributed by atoms with Gasteiger partial charge in [0.1, 0.15) is 5.69 Å². The summed E-state index contributed by atoms with van der Waals surface area (Å²) in [7, 11) is 0. The van der Waals surface area contributed by atoms with Crippen LogP contribution in [0.4, 0.5) is 0 Å². The van der Waals surface area contributed by atoms with Crippen LogP contribution in [0.3, 0.4) is 0 Å². The molecule has 3 heteroatoms. The Morgan fingerprint density at radius 1 is 1.22 bits per heavy atom. The Labute approximate surface area is 106 Å². The van der Waals surface area contributed by atoms with Crippen molar-refractivity contribution in [1.82, 2.24) is 4.98 Å². The number of nitrogens with zero attached hydrogens (tertiary/aromatic N) is 1. The molecule has 18 heavy (non-hydrogen) atoms. The van der Waals surface area contributed by atoms with Crippen LogP contribution in [0.25, 0.3) is 0 Å². The zero-order valence-corrected chi connectivity index (χ0v) is 9.97. The van der Waals surface area contributed by atoms with Crippen LogP contribution in [0.15, 0.2) is 42.6 Å². The Balaban J connectivity index is 2.39. The Bertz CT molecular complexity index is 651. The van der Waals surface area contributed by atoms with Crippen molar-refractivity contribution in [2.75, 3.05) is 0 Å². The maximum atomic E-state index is 11.2. The van der Waals surface area contributed by atoms with Gasteiger partial charge in [0.25, 0.3) is 5.91 Å². The molecule has 0 aliphatic heterocycles. The number of primary amides is 1. The van der Waals surface area contributed by atoms with Crippen molar-refractivity contribution in [3.8, 4) is 11.8 Å². The summed E-state index contributed by atoms with van der Waals surface area (Å²) in [6.07, 6.45) is 1.59. The number of rotatable bonds is 1. The molecule has 1 aromatic carbocycles. The third kappa shape index (κ3) is 2.74. The standard InChI is InChI=1S/C15H12N2O/c1-11-4-2-5-12(10-11)7-8-14-13(15(16)18)6-3-9-17-14/h2-6,9-10H,1H3,(H2,16,18). The van der Waals surface area contributed by atoms with Crippen molar-refractivity contribution in [2.45, 2.75) is 6.92 Å². The summed E-state index contributed by atoms with van der Waals surface area (Å²) < 4.78 is 0. The number of aryl methyl sites for hydroxylation is 1. The second-order valence-electron chi connectivity index (χ2n) is 3.88. The summed E-state index contributed by atoms with van der Waals surface area (Å²) in [6.45, 7) is 2.00. The van der Waals surface area contributed by atoms with Crippen molar-refractivity contribution in [1.29, 1.82) is 0 Å². The van der Waals surface area contributed by atoms with Crippen molar-refractivity contribution >= 4 is 5.91 Å². The lowest BCUT2D eigenvalue weighted by Gasteiger charge is -1.97. The van der Waals surface area contributed by atoms with Crippen LogP contribution in [0.5, 0.6) is 0 Å². The minimum Gasteiger partial charge on any atom is -0.366 e. The molecule has 0 spiro atoms. The molecular weight excluding hydrogens is 224 g/mol. The fraction of sp³-hybridized carbons (Fsp3) is 0.0667. The first-order valence-electron chi connectivity index (χ1n) is 5.50. The first kappa shape index (κ1) is 11.9. The molecule has 2 N–H and O–H groups in total. The molecule has 0 saturated heterocycles. The number of hydrogen-bond acceptors (Lipinski definition) is 2. The number of aromatic nitrogens is 1. The summed E-state index contributed by atoms with van der Waals surface area (Å²) >= 11 is 0. The van der Waals surface area contributed by atoms with Gasteiger partial charge in [-0.15, -0.1) is 0 Å². The van der Waals surface area contributed by atoms with E-state index in [2.05, 4.69) is 16.8 Å². The molecule has 2 rings (SSSR count). The number of benzene rings is 1. The van der Waals surface area contributed by atoms with Gasteiger partial charge in [0.05, 0.1) is 5.56 Å².